The molecule has 1 heterocycles. The second kappa shape index (κ2) is 10.8. The van der Waals surface area contributed by atoms with Crippen molar-refractivity contribution in [3.63, 3.8) is 0 Å². The molecule has 8 heteroatoms. The van der Waals surface area contributed by atoms with Crippen molar-refractivity contribution in [1.29, 1.82) is 0 Å². The molecule has 2 atom stereocenters. The Bertz CT molecular complexity index is 1260. The van der Waals surface area contributed by atoms with E-state index in [0.717, 1.165) is 16.9 Å². The zero-order valence-corrected chi connectivity index (χ0v) is 20.9. The number of carbonyl (C=O) groups is 3. The monoisotopic (exact) mass is 505 g/mol. The third-order valence-corrected chi connectivity index (χ3v) is 6.51. The maximum atomic E-state index is 13.6. The second-order valence-corrected chi connectivity index (χ2v) is 9.23. The van der Waals surface area contributed by atoms with Crippen LogP contribution >= 0.6 is 11.6 Å². The van der Waals surface area contributed by atoms with Crippen LogP contribution in [0.1, 0.15) is 48.7 Å². The fourth-order valence-corrected chi connectivity index (χ4v) is 4.75. The molecule has 2 N–H and O–H groups in total. The lowest BCUT2D eigenvalue weighted by atomic mass is 9.89. The molecule has 0 spiro atoms. The number of rotatable bonds is 7. The van der Waals surface area contributed by atoms with E-state index in [4.69, 9.17) is 22.1 Å². The Morgan fingerprint density at radius 3 is 2.33 bits per heavy atom. The molecule has 0 aromatic heterocycles. The molecule has 0 saturated carbocycles. The molecule has 1 aliphatic rings. The van der Waals surface area contributed by atoms with Gasteiger partial charge in [-0.2, -0.15) is 0 Å². The highest BCUT2D eigenvalue weighted by Crippen LogP contribution is 2.42. The van der Waals surface area contributed by atoms with Gasteiger partial charge in [0.2, 0.25) is 11.8 Å². The van der Waals surface area contributed by atoms with Gasteiger partial charge in [-0.1, -0.05) is 29.8 Å². The Hall–Kier alpha value is -3.84. The SMILES string of the molecule is CC(=O)N(c1ccc(Cl)cc1)C1CC(C)N(C(=O)c2ccc(OCCC(N)=O)cc2)c2ccccc21. The molecular formula is C28H28ClN3O4. The van der Waals surface area contributed by atoms with Gasteiger partial charge in [0.1, 0.15) is 5.75 Å². The predicted octanol–water partition coefficient (Wildman–Crippen LogP) is 5.13. The first-order chi connectivity index (χ1) is 17.3. The molecule has 3 aromatic carbocycles. The molecule has 3 amide bonds. The fourth-order valence-electron chi connectivity index (χ4n) is 4.62. The molecule has 7 nitrogen and oxygen atoms in total. The van der Waals surface area contributed by atoms with Crippen molar-refractivity contribution in [2.45, 2.75) is 38.8 Å². The summed E-state index contributed by atoms with van der Waals surface area (Å²) in [4.78, 5) is 40.9. The third kappa shape index (κ3) is 5.36. The van der Waals surface area contributed by atoms with E-state index >= 15 is 0 Å². The van der Waals surface area contributed by atoms with Crippen LogP contribution in [0, 0.1) is 0 Å². The number of primary amides is 1. The molecule has 0 radical (unpaired) electrons. The van der Waals surface area contributed by atoms with E-state index in [1.165, 1.54) is 0 Å². The van der Waals surface area contributed by atoms with Crippen LogP contribution in [-0.2, 0) is 9.59 Å². The summed E-state index contributed by atoms with van der Waals surface area (Å²) >= 11 is 6.07. The van der Waals surface area contributed by atoms with Crippen molar-refractivity contribution in [1.82, 2.24) is 0 Å². The largest absolute Gasteiger partial charge is 0.493 e. The number of hydrogen-bond donors (Lipinski definition) is 1. The zero-order valence-electron chi connectivity index (χ0n) is 20.2. The molecule has 0 saturated heterocycles. The van der Waals surface area contributed by atoms with Gasteiger partial charge in [0.25, 0.3) is 5.91 Å². The number of halogens is 1. The average molecular weight is 506 g/mol. The first-order valence-electron chi connectivity index (χ1n) is 11.7. The highest BCUT2D eigenvalue weighted by molar-refractivity contribution is 6.30. The van der Waals surface area contributed by atoms with Gasteiger partial charge >= 0.3 is 0 Å². The molecule has 4 rings (SSSR count). The molecule has 36 heavy (non-hydrogen) atoms. The maximum Gasteiger partial charge on any atom is 0.258 e. The number of ether oxygens (including phenoxy) is 1. The zero-order chi connectivity index (χ0) is 25.8. The van der Waals surface area contributed by atoms with Gasteiger partial charge in [0.15, 0.2) is 0 Å². The van der Waals surface area contributed by atoms with Crippen LogP contribution in [0.3, 0.4) is 0 Å². The van der Waals surface area contributed by atoms with Gasteiger partial charge < -0.3 is 20.3 Å². The minimum absolute atomic E-state index is 0.0870. The number of para-hydroxylation sites is 1. The van der Waals surface area contributed by atoms with E-state index in [2.05, 4.69) is 0 Å². The number of nitrogens with zero attached hydrogens (tertiary/aromatic N) is 2. The average Bonchev–Trinajstić information content (AvgIpc) is 2.85. The Morgan fingerprint density at radius 2 is 1.69 bits per heavy atom. The first-order valence-corrected chi connectivity index (χ1v) is 12.1. The van der Waals surface area contributed by atoms with Crippen molar-refractivity contribution in [3.05, 3.63) is 88.9 Å². The lowest BCUT2D eigenvalue weighted by Gasteiger charge is -2.43. The number of amides is 3. The van der Waals surface area contributed by atoms with E-state index in [-0.39, 0.29) is 36.9 Å². The molecular weight excluding hydrogens is 478 g/mol. The van der Waals surface area contributed by atoms with E-state index in [1.54, 1.807) is 53.1 Å². The van der Waals surface area contributed by atoms with Crippen molar-refractivity contribution in [2.75, 3.05) is 16.4 Å². The summed E-state index contributed by atoms with van der Waals surface area (Å²) in [5.74, 6) is -0.105. The van der Waals surface area contributed by atoms with Crippen molar-refractivity contribution in [3.8, 4) is 5.75 Å². The Morgan fingerprint density at radius 1 is 1.03 bits per heavy atom. The lowest BCUT2D eigenvalue weighted by molar-refractivity contribution is -0.118. The smallest absolute Gasteiger partial charge is 0.258 e. The standard InChI is InChI=1S/C28H28ClN3O4/c1-18-17-26(32(19(2)33)22-11-9-21(29)10-12-22)24-5-3-4-6-25(24)31(18)28(35)20-7-13-23(14-8-20)36-16-15-27(30)34/h3-14,18,26H,15-17H2,1-2H3,(H2,30,34). The van der Waals surface area contributed by atoms with Crippen LogP contribution in [0.5, 0.6) is 5.75 Å². The number of nitrogens with two attached hydrogens (primary N) is 1. The Balaban J connectivity index is 1.63. The number of fused-ring (bicyclic) bond motifs is 1. The molecule has 1 aliphatic heterocycles. The van der Waals surface area contributed by atoms with E-state index in [9.17, 15) is 14.4 Å². The predicted molar refractivity (Wildman–Crippen MR) is 140 cm³/mol. The number of carbonyl (C=O) groups excluding carboxylic acids is 3. The summed E-state index contributed by atoms with van der Waals surface area (Å²) in [7, 11) is 0. The molecule has 0 bridgehead atoms. The molecule has 2 unspecified atom stereocenters. The third-order valence-electron chi connectivity index (χ3n) is 6.25. The highest BCUT2D eigenvalue weighted by Gasteiger charge is 2.38. The molecule has 0 fully saturated rings. The van der Waals surface area contributed by atoms with Gasteiger partial charge in [-0.05, 0) is 73.5 Å². The summed E-state index contributed by atoms with van der Waals surface area (Å²) < 4.78 is 5.52. The van der Waals surface area contributed by atoms with Crippen LogP contribution in [-0.4, -0.2) is 30.4 Å². The number of benzene rings is 3. The fraction of sp³-hybridized carbons (Fsp3) is 0.250. The summed E-state index contributed by atoms with van der Waals surface area (Å²) in [5, 5.41) is 0.598. The normalized spacial score (nSPS) is 16.7. The minimum atomic E-state index is -0.433. The Kier molecular flexibility index (Phi) is 7.60. The van der Waals surface area contributed by atoms with Crippen LogP contribution in [0.25, 0.3) is 0 Å². The van der Waals surface area contributed by atoms with Crippen molar-refractivity contribution < 1.29 is 19.1 Å². The first kappa shape index (κ1) is 25.3. The maximum absolute atomic E-state index is 13.6. The van der Waals surface area contributed by atoms with Crippen LogP contribution in [0.4, 0.5) is 11.4 Å². The van der Waals surface area contributed by atoms with Gasteiger partial charge in [-0.25, -0.2) is 0 Å². The van der Waals surface area contributed by atoms with Crippen LogP contribution in [0.15, 0.2) is 72.8 Å². The van der Waals surface area contributed by atoms with Crippen LogP contribution < -0.4 is 20.3 Å². The second-order valence-electron chi connectivity index (χ2n) is 8.79. The van der Waals surface area contributed by atoms with E-state index in [1.807, 2.05) is 43.3 Å². The van der Waals surface area contributed by atoms with Gasteiger partial charge in [-0.15, -0.1) is 0 Å². The van der Waals surface area contributed by atoms with Crippen LogP contribution in [0.2, 0.25) is 5.02 Å². The quantitative estimate of drug-likeness (QED) is 0.482. The van der Waals surface area contributed by atoms with Gasteiger partial charge in [0, 0.05) is 34.9 Å². The summed E-state index contributed by atoms with van der Waals surface area (Å²) in [6.07, 6.45) is 0.691. The molecule has 0 aliphatic carbocycles. The van der Waals surface area contributed by atoms with E-state index < -0.39 is 5.91 Å². The van der Waals surface area contributed by atoms with Crippen molar-refractivity contribution in [2.24, 2.45) is 5.73 Å². The topological polar surface area (TPSA) is 92.9 Å². The summed E-state index contributed by atoms with van der Waals surface area (Å²) in [5.41, 5.74) is 8.09. The number of anilines is 2. The summed E-state index contributed by atoms with van der Waals surface area (Å²) in [6, 6.07) is 21.3. The summed E-state index contributed by atoms with van der Waals surface area (Å²) in [6.45, 7) is 3.72. The highest BCUT2D eigenvalue weighted by atomic mass is 35.5. The van der Waals surface area contributed by atoms with Gasteiger partial charge in [-0.3, -0.25) is 14.4 Å². The number of hydrogen-bond acceptors (Lipinski definition) is 4. The lowest BCUT2D eigenvalue weighted by Crippen LogP contribution is -2.47. The minimum Gasteiger partial charge on any atom is -0.493 e. The molecule has 3 aromatic rings. The Labute approximate surface area is 215 Å². The van der Waals surface area contributed by atoms with Crippen molar-refractivity contribution >= 4 is 40.7 Å². The van der Waals surface area contributed by atoms with Gasteiger partial charge in [0.05, 0.1) is 19.1 Å². The van der Waals surface area contributed by atoms with E-state index in [0.29, 0.717) is 22.8 Å². The molecule has 186 valence electrons.